The van der Waals surface area contributed by atoms with Crippen LogP contribution in [-0.4, -0.2) is 25.6 Å². The van der Waals surface area contributed by atoms with Crippen LogP contribution in [0.5, 0.6) is 5.75 Å². The van der Waals surface area contributed by atoms with Crippen LogP contribution in [0.3, 0.4) is 0 Å². The molecule has 0 unspecified atom stereocenters. The van der Waals surface area contributed by atoms with E-state index >= 15 is 0 Å². The first-order valence-corrected chi connectivity index (χ1v) is 12.3. The number of anilines is 3. The molecule has 0 spiro atoms. The summed E-state index contributed by atoms with van der Waals surface area (Å²) in [5.74, 6) is 1.16. The lowest BCUT2D eigenvalue weighted by molar-refractivity contribution is 0.241. The molecule has 0 aliphatic rings. The normalized spacial score (nSPS) is 12.0. The number of nitrogens with one attached hydrogen (secondary N) is 1. The van der Waals surface area contributed by atoms with Crippen LogP contribution in [0.2, 0.25) is 0 Å². The topological polar surface area (TPSA) is 134 Å². The van der Waals surface area contributed by atoms with Crippen molar-refractivity contribution in [2.45, 2.75) is 32.9 Å². The van der Waals surface area contributed by atoms with Gasteiger partial charge >= 0.3 is 0 Å². The zero-order valence-corrected chi connectivity index (χ0v) is 21.4. The molecular weight excluding hydrogens is 478 g/mol. The Morgan fingerprint density at radius 1 is 0.947 bits per heavy atom. The van der Waals surface area contributed by atoms with Gasteiger partial charge in [-0.2, -0.15) is 4.98 Å². The quantitative estimate of drug-likeness (QED) is 0.281. The second-order valence-electron chi connectivity index (χ2n) is 9.29. The van der Waals surface area contributed by atoms with E-state index in [4.69, 9.17) is 16.2 Å². The van der Waals surface area contributed by atoms with Crippen LogP contribution >= 0.6 is 0 Å². The third-order valence-electron chi connectivity index (χ3n) is 6.12. The highest BCUT2D eigenvalue weighted by Gasteiger charge is 2.20. The first-order chi connectivity index (χ1) is 18.3. The largest absolute Gasteiger partial charge is 0.489 e. The van der Waals surface area contributed by atoms with Crippen LogP contribution in [0.25, 0.3) is 27.6 Å². The van der Waals surface area contributed by atoms with E-state index in [-0.39, 0.29) is 23.7 Å². The van der Waals surface area contributed by atoms with Crippen molar-refractivity contribution in [3.05, 3.63) is 95.3 Å². The summed E-state index contributed by atoms with van der Waals surface area (Å²) in [5.41, 5.74) is 15.1. The molecule has 0 saturated heterocycles. The van der Waals surface area contributed by atoms with Crippen LogP contribution in [0.15, 0.2) is 84.0 Å². The van der Waals surface area contributed by atoms with Crippen molar-refractivity contribution in [2.24, 2.45) is 0 Å². The number of rotatable bonds is 7. The summed E-state index contributed by atoms with van der Waals surface area (Å²) in [6.45, 7) is 5.87. The minimum Gasteiger partial charge on any atom is -0.489 e. The lowest BCUT2D eigenvalue weighted by Gasteiger charge is -2.22. The van der Waals surface area contributed by atoms with Crippen molar-refractivity contribution in [2.75, 3.05) is 16.8 Å². The molecule has 0 radical (unpaired) electrons. The van der Waals surface area contributed by atoms with Gasteiger partial charge in [-0.1, -0.05) is 36.4 Å². The van der Waals surface area contributed by atoms with E-state index in [1.54, 1.807) is 17.0 Å². The summed E-state index contributed by atoms with van der Waals surface area (Å²) in [6.07, 6.45) is 4.88. The fraction of sp³-hybridized carbons (Fsp3) is 0.172. The van der Waals surface area contributed by atoms with Crippen LogP contribution in [0.1, 0.15) is 32.5 Å². The van der Waals surface area contributed by atoms with Gasteiger partial charge < -0.3 is 21.5 Å². The van der Waals surface area contributed by atoms with Gasteiger partial charge in [0.05, 0.1) is 35.6 Å². The number of benzene rings is 2. The first kappa shape index (κ1) is 24.8. The predicted molar refractivity (Wildman–Crippen MR) is 151 cm³/mol. The Hall–Kier alpha value is -4.92. The van der Waals surface area contributed by atoms with E-state index < -0.39 is 0 Å². The van der Waals surface area contributed by atoms with Crippen molar-refractivity contribution >= 4 is 28.2 Å². The summed E-state index contributed by atoms with van der Waals surface area (Å²) >= 11 is 0. The maximum Gasteiger partial charge on any atom is 0.263 e. The van der Waals surface area contributed by atoms with E-state index in [0.29, 0.717) is 22.6 Å². The van der Waals surface area contributed by atoms with E-state index in [1.807, 2.05) is 81.4 Å². The Balaban J connectivity index is 1.71. The van der Waals surface area contributed by atoms with Crippen molar-refractivity contribution in [3.8, 4) is 22.6 Å². The molecule has 0 aliphatic heterocycles. The number of ether oxygens (including phenoxy) is 1. The minimum absolute atomic E-state index is 0.00527. The summed E-state index contributed by atoms with van der Waals surface area (Å²) in [4.78, 5) is 26.8. The maximum atomic E-state index is 14.3. The minimum atomic E-state index is -0.350. The molecule has 0 bridgehead atoms. The predicted octanol–water partition coefficient (Wildman–Crippen LogP) is 4.97. The molecule has 38 heavy (non-hydrogen) atoms. The Bertz CT molecular complexity index is 1670. The number of hydrogen-bond donors (Lipinski definition) is 3. The lowest BCUT2D eigenvalue weighted by Crippen LogP contribution is -2.26. The molecule has 192 valence electrons. The van der Waals surface area contributed by atoms with Gasteiger partial charge in [0, 0.05) is 23.1 Å². The molecular formula is C29H29N7O2. The average Bonchev–Trinajstić information content (AvgIpc) is 2.90. The van der Waals surface area contributed by atoms with Gasteiger partial charge in [0.1, 0.15) is 5.75 Å². The van der Waals surface area contributed by atoms with E-state index in [0.717, 1.165) is 27.9 Å². The molecule has 5 aromatic rings. The second-order valence-corrected chi connectivity index (χ2v) is 9.29. The van der Waals surface area contributed by atoms with Crippen LogP contribution in [0.4, 0.5) is 17.5 Å². The Labute approximate surface area is 220 Å². The van der Waals surface area contributed by atoms with Crippen molar-refractivity contribution in [1.29, 1.82) is 0 Å². The summed E-state index contributed by atoms with van der Waals surface area (Å²) in [6, 6.07) is 18.9. The van der Waals surface area contributed by atoms with E-state index in [9.17, 15) is 4.79 Å². The van der Waals surface area contributed by atoms with Gasteiger partial charge in [0.2, 0.25) is 5.95 Å². The smallest absolute Gasteiger partial charge is 0.263 e. The molecule has 0 amide bonds. The average molecular weight is 508 g/mol. The van der Waals surface area contributed by atoms with Gasteiger partial charge in [-0.15, -0.1) is 0 Å². The number of nitrogens with two attached hydrogens (primary N) is 2. The zero-order chi connectivity index (χ0) is 26.8. The van der Waals surface area contributed by atoms with Crippen LogP contribution in [0, 0.1) is 0 Å². The summed E-state index contributed by atoms with van der Waals surface area (Å²) < 4.78 is 7.57. The van der Waals surface area contributed by atoms with Crippen LogP contribution < -0.4 is 27.1 Å². The monoisotopic (exact) mass is 507 g/mol. The van der Waals surface area contributed by atoms with Crippen LogP contribution in [-0.2, 0) is 0 Å². The maximum absolute atomic E-state index is 14.3. The third kappa shape index (κ3) is 4.86. The molecule has 9 heteroatoms. The van der Waals surface area contributed by atoms with Crippen molar-refractivity contribution in [3.63, 3.8) is 0 Å². The highest BCUT2D eigenvalue weighted by atomic mass is 16.5. The molecule has 0 saturated carbocycles. The lowest BCUT2D eigenvalue weighted by atomic mass is 9.98. The molecule has 3 aromatic heterocycles. The number of pyridine rings is 2. The number of nitrogen functional groups attached to an aromatic ring is 2. The molecule has 9 nitrogen and oxygen atoms in total. The van der Waals surface area contributed by atoms with Crippen molar-refractivity contribution in [1.82, 2.24) is 19.5 Å². The number of fused-ring (bicyclic) bond motifs is 1. The fourth-order valence-electron chi connectivity index (χ4n) is 4.49. The van der Waals surface area contributed by atoms with Gasteiger partial charge in [-0.25, -0.2) is 4.98 Å². The van der Waals surface area contributed by atoms with Gasteiger partial charge in [-0.3, -0.25) is 14.3 Å². The van der Waals surface area contributed by atoms with Gasteiger partial charge in [0.15, 0.2) is 5.82 Å². The highest BCUT2D eigenvalue weighted by molar-refractivity contribution is 5.96. The first-order valence-electron chi connectivity index (χ1n) is 12.3. The number of nitrogens with zero attached hydrogens (tertiary/aromatic N) is 4. The zero-order valence-electron chi connectivity index (χ0n) is 21.4. The SMILES string of the molecule is CC(C)Oc1cncc(-c2cccc3cc([C@H](C)Nc4nc(N)ncc4N)n(-c4ccccc4)c(=O)c23)c1. The van der Waals surface area contributed by atoms with Gasteiger partial charge in [-0.05, 0) is 56.0 Å². The van der Waals surface area contributed by atoms with E-state index in [1.165, 1.54) is 6.20 Å². The fourth-order valence-corrected chi connectivity index (χ4v) is 4.49. The highest BCUT2D eigenvalue weighted by Crippen LogP contribution is 2.31. The molecule has 2 aromatic carbocycles. The second kappa shape index (κ2) is 10.2. The molecule has 0 aliphatic carbocycles. The Kier molecular flexibility index (Phi) is 6.66. The summed E-state index contributed by atoms with van der Waals surface area (Å²) in [7, 11) is 0. The number of para-hydroxylation sites is 1. The van der Waals surface area contributed by atoms with E-state index in [2.05, 4.69) is 20.3 Å². The molecule has 5 rings (SSSR count). The standard InChI is InChI=1S/C29H29N7O2/c1-17(2)38-22-12-20(14-32-15-22)23-11-7-8-19-13-25(18(3)34-27-24(30)16-33-29(31)35-27)36(28(37)26(19)23)21-9-5-4-6-10-21/h4-18H,30H2,1-3H3,(H3,31,33,34,35)/t18-/m0/s1. The molecule has 3 heterocycles. The molecule has 5 N–H and O–H groups in total. The molecule has 1 atom stereocenters. The third-order valence-corrected chi connectivity index (χ3v) is 6.12. The summed E-state index contributed by atoms with van der Waals surface area (Å²) in [5, 5.41) is 4.68. The number of hydrogen-bond acceptors (Lipinski definition) is 8. The Morgan fingerprint density at radius 2 is 1.74 bits per heavy atom. The van der Waals surface area contributed by atoms with Gasteiger partial charge in [0.25, 0.3) is 5.56 Å². The van der Waals surface area contributed by atoms with Crippen molar-refractivity contribution < 1.29 is 4.74 Å². The Morgan fingerprint density at radius 3 is 2.50 bits per heavy atom. The number of aromatic nitrogens is 4. The molecule has 0 fully saturated rings.